The van der Waals surface area contributed by atoms with Gasteiger partial charge in [-0.25, -0.2) is 0 Å². The van der Waals surface area contributed by atoms with Crippen LogP contribution in [0.5, 0.6) is 0 Å². The van der Waals surface area contributed by atoms with Gasteiger partial charge in [0.1, 0.15) is 0 Å². The Morgan fingerprint density at radius 3 is 2.39 bits per heavy atom. The van der Waals surface area contributed by atoms with Crippen LogP contribution in [0, 0.1) is 5.41 Å². The standard InChI is InChI=1S/C15H20BrNO/c1-11(18)12-4-5-14(13(16)10-12)17-8-6-15(2,3)7-9-17/h4-5,10H,6-9H2,1-3H3. The molecule has 0 radical (unpaired) electrons. The molecule has 3 heteroatoms. The zero-order chi connectivity index (χ0) is 13.3. The second-order valence-corrected chi connectivity index (χ2v) is 6.73. The van der Waals surface area contributed by atoms with E-state index in [1.807, 2.05) is 12.1 Å². The third-order valence-electron chi connectivity index (χ3n) is 3.81. The molecule has 1 aliphatic rings. The average Bonchev–Trinajstić information content (AvgIpc) is 2.29. The van der Waals surface area contributed by atoms with Crippen LogP contribution in [0.4, 0.5) is 5.69 Å². The maximum Gasteiger partial charge on any atom is 0.159 e. The van der Waals surface area contributed by atoms with E-state index in [-0.39, 0.29) is 5.78 Å². The van der Waals surface area contributed by atoms with E-state index in [2.05, 4.69) is 40.7 Å². The van der Waals surface area contributed by atoms with Crippen molar-refractivity contribution in [1.29, 1.82) is 0 Å². The summed E-state index contributed by atoms with van der Waals surface area (Å²) in [7, 11) is 0. The molecular formula is C15H20BrNO. The first-order valence-corrected chi connectivity index (χ1v) is 7.24. The van der Waals surface area contributed by atoms with E-state index in [0.29, 0.717) is 5.41 Å². The van der Waals surface area contributed by atoms with Gasteiger partial charge in [-0.05, 0) is 59.3 Å². The molecule has 0 amide bonds. The summed E-state index contributed by atoms with van der Waals surface area (Å²) in [6.45, 7) is 8.44. The third kappa shape index (κ3) is 2.94. The van der Waals surface area contributed by atoms with Gasteiger partial charge in [0.25, 0.3) is 0 Å². The zero-order valence-corrected chi connectivity index (χ0v) is 12.9. The highest BCUT2D eigenvalue weighted by Crippen LogP contribution is 2.35. The molecule has 0 spiro atoms. The molecule has 1 aliphatic heterocycles. The molecule has 1 heterocycles. The van der Waals surface area contributed by atoms with Crippen LogP contribution < -0.4 is 4.90 Å². The molecule has 2 rings (SSSR count). The summed E-state index contributed by atoms with van der Waals surface area (Å²) in [5.41, 5.74) is 2.43. The topological polar surface area (TPSA) is 20.3 Å². The fraction of sp³-hybridized carbons (Fsp3) is 0.533. The van der Waals surface area contributed by atoms with E-state index in [1.54, 1.807) is 6.92 Å². The second kappa shape index (κ2) is 5.04. The molecule has 0 bridgehead atoms. The fourth-order valence-electron chi connectivity index (χ4n) is 2.34. The summed E-state index contributed by atoms with van der Waals surface area (Å²) in [5.74, 6) is 0.113. The number of nitrogens with zero attached hydrogens (tertiary/aromatic N) is 1. The lowest BCUT2D eigenvalue weighted by Gasteiger charge is -2.38. The predicted octanol–water partition coefficient (Wildman–Crippen LogP) is 4.28. The quantitative estimate of drug-likeness (QED) is 0.760. The molecule has 0 unspecified atom stereocenters. The summed E-state index contributed by atoms with van der Waals surface area (Å²) in [4.78, 5) is 13.7. The minimum absolute atomic E-state index is 0.113. The Kier molecular flexibility index (Phi) is 3.81. The van der Waals surface area contributed by atoms with Crippen molar-refractivity contribution in [2.24, 2.45) is 5.41 Å². The predicted molar refractivity (Wildman–Crippen MR) is 79.4 cm³/mol. The van der Waals surface area contributed by atoms with Crippen molar-refractivity contribution in [3.05, 3.63) is 28.2 Å². The van der Waals surface area contributed by atoms with Crippen LogP contribution in [0.2, 0.25) is 0 Å². The highest BCUT2D eigenvalue weighted by molar-refractivity contribution is 9.10. The average molecular weight is 310 g/mol. The molecular weight excluding hydrogens is 290 g/mol. The van der Waals surface area contributed by atoms with Crippen molar-refractivity contribution >= 4 is 27.4 Å². The number of benzene rings is 1. The van der Waals surface area contributed by atoms with E-state index in [4.69, 9.17) is 0 Å². The molecule has 0 N–H and O–H groups in total. The fourth-order valence-corrected chi connectivity index (χ4v) is 2.96. The first-order chi connectivity index (χ1) is 8.39. The van der Waals surface area contributed by atoms with Crippen LogP contribution in [-0.4, -0.2) is 18.9 Å². The smallest absolute Gasteiger partial charge is 0.159 e. The Bertz CT molecular complexity index is 458. The molecule has 0 aromatic heterocycles. The van der Waals surface area contributed by atoms with Gasteiger partial charge in [-0.2, -0.15) is 0 Å². The van der Waals surface area contributed by atoms with Crippen LogP contribution in [0.25, 0.3) is 0 Å². The number of hydrogen-bond donors (Lipinski definition) is 0. The number of ketones is 1. The number of piperidine rings is 1. The van der Waals surface area contributed by atoms with E-state index in [1.165, 1.54) is 18.5 Å². The molecule has 98 valence electrons. The van der Waals surface area contributed by atoms with Gasteiger partial charge in [0.05, 0.1) is 5.69 Å². The van der Waals surface area contributed by atoms with E-state index in [9.17, 15) is 4.79 Å². The Labute approximate surface area is 117 Å². The van der Waals surface area contributed by atoms with Crippen LogP contribution in [0.3, 0.4) is 0 Å². The number of carbonyl (C=O) groups is 1. The first kappa shape index (κ1) is 13.6. The summed E-state index contributed by atoms with van der Waals surface area (Å²) in [6.07, 6.45) is 2.43. The number of carbonyl (C=O) groups excluding carboxylic acids is 1. The third-order valence-corrected chi connectivity index (χ3v) is 4.45. The van der Waals surface area contributed by atoms with Gasteiger partial charge in [-0.15, -0.1) is 0 Å². The molecule has 2 nitrogen and oxygen atoms in total. The Morgan fingerprint density at radius 1 is 1.28 bits per heavy atom. The molecule has 1 saturated heterocycles. The molecule has 1 fully saturated rings. The van der Waals surface area contributed by atoms with Crippen LogP contribution in [0.15, 0.2) is 22.7 Å². The van der Waals surface area contributed by atoms with Crippen LogP contribution in [0.1, 0.15) is 44.0 Å². The van der Waals surface area contributed by atoms with Crippen molar-refractivity contribution in [3.63, 3.8) is 0 Å². The van der Waals surface area contributed by atoms with Crippen LogP contribution in [-0.2, 0) is 0 Å². The van der Waals surface area contributed by atoms with Crippen molar-refractivity contribution < 1.29 is 4.79 Å². The normalized spacial score (nSPS) is 18.8. The largest absolute Gasteiger partial charge is 0.371 e. The van der Waals surface area contributed by atoms with Gasteiger partial charge in [-0.3, -0.25) is 4.79 Å². The number of Topliss-reactive ketones (excluding diaryl/α,β-unsaturated/α-hetero) is 1. The molecule has 0 aliphatic carbocycles. The lowest BCUT2D eigenvalue weighted by atomic mass is 9.82. The molecule has 0 atom stereocenters. The summed E-state index contributed by atoms with van der Waals surface area (Å²) >= 11 is 3.59. The highest BCUT2D eigenvalue weighted by atomic mass is 79.9. The van der Waals surface area contributed by atoms with Gasteiger partial charge in [0.2, 0.25) is 0 Å². The number of anilines is 1. The number of rotatable bonds is 2. The van der Waals surface area contributed by atoms with Crippen molar-refractivity contribution in [1.82, 2.24) is 0 Å². The van der Waals surface area contributed by atoms with Gasteiger partial charge < -0.3 is 4.90 Å². The lowest BCUT2D eigenvalue weighted by Crippen LogP contribution is -2.37. The number of halogens is 1. The van der Waals surface area contributed by atoms with Gasteiger partial charge in [0.15, 0.2) is 5.78 Å². The summed E-state index contributed by atoms with van der Waals surface area (Å²) in [6, 6.07) is 5.90. The van der Waals surface area contributed by atoms with Crippen molar-refractivity contribution in [2.45, 2.75) is 33.6 Å². The Hall–Kier alpha value is -0.830. The minimum Gasteiger partial charge on any atom is -0.371 e. The van der Waals surface area contributed by atoms with E-state index in [0.717, 1.165) is 23.1 Å². The monoisotopic (exact) mass is 309 g/mol. The summed E-state index contributed by atoms with van der Waals surface area (Å²) in [5, 5.41) is 0. The van der Waals surface area contributed by atoms with E-state index < -0.39 is 0 Å². The second-order valence-electron chi connectivity index (χ2n) is 5.87. The highest BCUT2D eigenvalue weighted by Gasteiger charge is 2.26. The zero-order valence-electron chi connectivity index (χ0n) is 11.3. The molecule has 18 heavy (non-hydrogen) atoms. The molecule has 1 aromatic carbocycles. The molecule has 0 saturated carbocycles. The van der Waals surface area contributed by atoms with Crippen LogP contribution >= 0.6 is 15.9 Å². The van der Waals surface area contributed by atoms with Gasteiger partial charge in [-0.1, -0.05) is 13.8 Å². The number of hydrogen-bond acceptors (Lipinski definition) is 2. The Balaban J connectivity index is 2.17. The van der Waals surface area contributed by atoms with Gasteiger partial charge >= 0.3 is 0 Å². The van der Waals surface area contributed by atoms with Crippen molar-refractivity contribution in [2.75, 3.05) is 18.0 Å². The van der Waals surface area contributed by atoms with E-state index >= 15 is 0 Å². The van der Waals surface area contributed by atoms with Gasteiger partial charge in [0, 0.05) is 23.1 Å². The maximum atomic E-state index is 11.3. The summed E-state index contributed by atoms with van der Waals surface area (Å²) < 4.78 is 1.02. The first-order valence-electron chi connectivity index (χ1n) is 6.44. The minimum atomic E-state index is 0.113. The Morgan fingerprint density at radius 2 is 1.89 bits per heavy atom. The lowest BCUT2D eigenvalue weighted by molar-refractivity contribution is 0.101. The van der Waals surface area contributed by atoms with Crippen molar-refractivity contribution in [3.8, 4) is 0 Å². The maximum absolute atomic E-state index is 11.3. The molecule has 1 aromatic rings. The SMILES string of the molecule is CC(=O)c1ccc(N2CCC(C)(C)CC2)c(Br)c1.